The molecule has 0 aliphatic rings. The number of hydrogen-bond donors (Lipinski definition) is 4. The highest BCUT2D eigenvalue weighted by Gasteiger charge is 2.30. The number of aromatic hydroxyl groups is 1. The molecule has 0 fully saturated rings. The number of aryl methyl sites for hydroxylation is 2. The van der Waals surface area contributed by atoms with Crippen LogP contribution in [0.3, 0.4) is 0 Å². The number of nitrogens with zero attached hydrogens (tertiary/aromatic N) is 2. The lowest BCUT2D eigenvalue weighted by Crippen LogP contribution is -2.50. The highest BCUT2D eigenvalue weighted by atomic mass is 16.6. The molecule has 10 heteroatoms. The average molecular weight is 686 g/mol. The third-order valence-corrected chi connectivity index (χ3v) is 8.72. The molecule has 262 valence electrons. The first-order valence-electron chi connectivity index (χ1n) is 17.0. The zero-order chi connectivity index (χ0) is 36.1. The molecule has 2 amide bonds. The Morgan fingerprint density at radius 1 is 0.882 bits per heavy atom. The lowest BCUT2D eigenvalue weighted by atomic mass is 9.95. The van der Waals surface area contributed by atoms with Crippen LogP contribution in [0.15, 0.2) is 102 Å². The summed E-state index contributed by atoms with van der Waals surface area (Å²) in [5, 5.41) is 21.3. The molecule has 4 aromatic carbocycles. The van der Waals surface area contributed by atoms with E-state index in [1.54, 1.807) is 32.9 Å². The van der Waals surface area contributed by atoms with Crippen molar-refractivity contribution < 1.29 is 24.0 Å². The zero-order valence-corrected chi connectivity index (χ0v) is 29.5. The molecule has 0 radical (unpaired) electrons. The van der Waals surface area contributed by atoms with Gasteiger partial charge in [0.15, 0.2) is 5.82 Å². The summed E-state index contributed by atoms with van der Waals surface area (Å²) in [6, 6.07) is 27.9. The molecule has 0 bridgehead atoms. The summed E-state index contributed by atoms with van der Waals surface area (Å²) in [7, 11) is 0. The van der Waals surface area contributed by atoms with E-state index in [4.69, 9.17) is 14.2 Å². The number of benzene rings is 4. The highest BCUT2D eigenvalue weighted by Crippen LogP contribution is 2.27. The van der Waals surface area contributed by atoms with Gasteiger partial charge >= 0.3 is 6.09 Å². The number of amides is 2. The van der Waals surface area contributed by atoms with Crippen LogP contribution in [0.25, 0.3) is 22.0 Å². The topological polar surface area (TPSA) is 142 Å². The van der Waals surface area contributed by atoms with Gasteiger partial charge in [-0.3, -0.25) is 4.79 Å². The Labute approximate surface area is 297 Å². The highest BCUT2D eigenvalue weighted by molar-refractivity contribution is 5.87. The third kappa shape index (κ3) is 8.83. The van der Waals surface area contributed by atoms with Crippen molar-refractivity contribution in [3.05, 3.63) is 137 Å². The lowest BCUT2D eigenvalue weighted by molar-refractivity contribution is -0.124. The maximum atomic E-state index is 14.2. The van der Waals surface area contributed by atoms with Crippen LogP contribution in [-0.2, 0) is 28.8 Å². The number of H-pyrrole nitrogens is 1. The molecular formula is C41H43N5O5. The summed E-state index contributed by atoms with van der Waals surface area (Å²) in [5.74, 6) is 0.411. The fourth-order valence-electron chi connectivity index (χ4n) is 6.26. The molecule has 6 aromatic rings. The Kier molecular flexibility index (Phi) is 10.2. The van der Waals surface area contributed by atoms with Gasteiger partial charge in [0.25, 0.3) is 0 Å². The molecule has 2 aromatic heterocycles. The van der Waals surface area contributed by atoms with Crippen molar-refractivity contribution >= 4 is 22.9 Å². The zero-order valence-electron chi connectivity index (χ0n) is 29.5. The number of rotatable bonds is 11. The van der Waals surface area contributed by atoms with E-state index < -0.39 is 29.7 Å². The number of aromatic nitrogens is 3. The van der Waals surface area contributed by atoms with E-state index in [0.29, 0.717) is 18.7 Å². The molecule has 0 saturated heterocycles. The largest absolute Gasteiger partial charge is 0.508 e. The van der Waals surface area contributed by atoms with Crippen LogP contribution >= 0.6 is 0 Å². The molecule has 2 heterocycles. The number of carbonyl (C=O) groups is 2. The Bertz CT molecular complexity index is 2110. The molecule has 51 heavy (non-hydrogen) atoms. The summed E-state index contributed by atoms with van der Waals surface area (Å²) in [5.41, 5.74) is 6.83. The van der Waals surface area contributed by atoms with Crippen molar-refractivity contribution in [3.8, 4) is 16.9 Å². The van der Waals surface area contributed by atoms with E-state index in [2.05, 4.69) is 45.0 Å². The number of phenols is 1. The van der Waals surface area contributed by atoms with Crippen LogP contribution in [-0.4, -0.2) is 43.9 Å². The lowest BCUT2D eigenvalue weighted by Gasteiger charge is -2.25. The number of ether oxygens (including phenoxy) is 1. The summed E-state index contributed by atoms with van der Waals surface area (Å²) < 4.78 is 11.4. The van der Waals surface area contributed by atoms with Gasteiger partial charge in [-0.25, -0.2) is 4.79 Å². The fourth-order valence-corrected chi connectivity index (χ4v) is 6.26. The molecule has 0 unspecified atom stereocenters. The second kappa shape index (κ2) is 14.9. The van der Waals surface area contributed by atoms with E-state index in [0.717, 1.165) is 49.8 Å². The summed E-state index contributed by atoms with van der Waals surface area (Å²) in [6.45, 7) is 9.01. The van der Waals surface area contributed by atoms with Crippen molar-refractivity contribution in [3.63, 3.8) is 0 Å². The minimum atomic E-state index is -1.02. The summed E-state index contributed by atoms with van der Waals surface area (Å²) in [4.78, 5) is 35.3. The monoisotopic (exact) mass is 685 g/mol. The van der Waals surface area contributed by atoms with Crippen LogP contribution in [0.4, 0.5) is 4.79 Å². The number of nitrogens with one attached hydrogen (secondary N) is 3. The van der Waals surface area contributed by atoms with Gasteiger partial charge in [0.2, 0.25) is 11.8 Å². The molecule has 0 aliphatic heterocycles. The van der Waals surface area contributed by atoms with Crippen LogP contribution in [0.2, 0.25) is 0 Å². The van der Waals surface area contributed by atoms with Crippen molar-refractivity contribution in [2.75, 3.05) is 0 Å². The summed E-state index contributed by atoms with van der Waals surface area (Å²) >= 11 is 0. The van der Waals surface area contributed by atoms with Gasteiger partial charge in [-0.1, -0.05) is 78.0 Å². The minimum absolute atomic E-state index is 0.132. The Hall–Kier alpha value is -5.90. The van der Waals surface area contributed by atoms with Gasteiger partial charge < -0.3 is 30.0 Å². The second-order valence-corrected chi connectivity index (χ2v) is 13.9. The predicted molar refractivity (Wildman–Crippen MR) is 196 cm³/mol. The van der Waals surface area contributed by atoms with Crippen molar-refractivity contribution in [1.29, 1.82) is 0 Å². The SMILES string of the molecule is Cc1cc(O)cc(C)c1C[C@H](NC(=O)OC(C)(C)C)C(=O)N[C@@H](Cc1c[nH]c2ccccc12)c1nc(Cc2ccc(-c3ccccc3)cc2)no1. The van der Waals surface area contributed by atoms with Gasteiger partial charge in [-0.05, 0) is 91.8 Å². The quantitative estimate of drug-likeness (QED) is 0.110. The van der Waals surface area contributed by atoms with E-state index >= 15 is 0 Å². The molecule has 0 saturated carbocycles. The summed E-state index contributed by atoms with van der Waals surface area (Å²) in [6.07, 6.45) is 2.14. The Balaban J connectivity index is 1.28. The number of phenolic OH excluding ortho intramolecular Hbond substituents is 1. The van der Waals surface area contributed by atoms with Crippen molar-refractivity contribution in [1.82, 2.24) is 25.8 Å². The molecule has 10 nitrogen and oxygen atoms in total. The van der Waals surface area contributed by atoms with Crippen LogP contribution in [0, 0.1) is 13.8 Å². The molecule has 2 atom stereocenters. The first-order valence-corrected chi connectivity index (χ1v) is 17.0. The van der Waals surface area contributed by atoms with Crippen LogP contribution in [0.1, 0.15) is 66.3 Å². The van der Waals surface area contributed by atoms with Gasteiger partial charge in [-0.15, -0.1) is 0 Å². The first-order chi connectivity index (χ1) is 24.4. The molecule has 0 aliphatic carbocycles. The fraction of sp³-hybridized carbons (Fsp3) is 0.268. The number of hydrogen-bond acceptors (Lipinski definition) is 7. The number of para-hydroxylation sites is 1. The normalized spacial score (nSPS) is 12.7. The number of alkyl carbamates (subject to hydrolysis) is 1. The smallest absolute Gasteiger partial charge is 0.408 e. The van der Waals surface area contributed by atoms with E-state index in [1.807, 2.05) is 74.6 Å². The van der Waals surface area contributed by atoms with Crippen molar-refractivity contribution in [2.45, 2.75) is 71.6 Å². The minimum Gasteiger partial charge on any atom is -0.508 e. The molecular weight excluding hydrogens is 642 g/mol. The number of carbonyl (C=O) groups excluding carboxylic acids is 2. The molecule has 0 spiro atoms. The van der Waals surface area contributed by atoms with Crippen LogP contribution in [0.5, 0.6) is 5.75 Å². The maximum Gasteiger partial charge on any atom is 0.408 e. The standard InChI is InChI=1S/C41H43N5O5/c1-25-19-31(47)20-26(2)33(25)23-35(44-40(49)50-41(3,4)5)38(48)43-36(22-30-24-42-34-14-10-9-13-32(30)34)39-45-37(46-51-39)21-27-15-17-29(18-16-27)28-11-7-6-8-12-28/h6-20,24,35-36,42,47H,21-23H2,1-5H3,(H,43,48)(H,44,49)/t35-,36-/m0/s1. The average Bonchev–Trinajstić information content (AvgIpc) is 3.72. The van der Waals surface area contributed by atoms with Gasteiger partial charge in [0.1, 0.15) is 23.4 Å². The maximum absolute atomic E-state index is 14.2. The predicted octanol–water partition coefficient (Wildman–Crippen LogP) is 7.67. The van der Waals surface area contributed by atoms with Gasteiger partial charge in [-0.2, -0.15) is 4.98 Å². The Morgan fingerprint density at radius 3 is 2.25 bits per heavy atom. The Morgan fingerprint density at radius 2 is 1.55 bits per heavy atom. The molecule has 4 N–H and O–H groups in total. The second-order valence-electron chi connectivity index (χ2n) is 13.9. The van der Waals surface area contributed by atoms with E-state index in [1.165, 1.54) is 0 Å². The number of fused-ring (bicyclic) bond motifs is 1. The van der Waals surface area contributed by atoms with Gasteiger partial charge in [0.05, 0.1) is 0 Å². The third-order valence-electron chi connectivity index (χ3n) is 8.72. The van der Waals surface area contributed by atoms with Crippen molar-refractivity contribution in [2.24, 2.45) is 0 Å². The molecule has 6 rings (SSSR count). The van der Waals surface area contributed by atoms with E-state index in [9.17, 15) is 14.7 Å². The van der Waals surface area contributed by atoms with Crippen LogP contribution < -0.4 is 10.6 Å². The van der Waals surface area contributed by atoms with Gasteiger partial charge in [0, 0.05) is 36.4 Å². The number of aromatic amines is 1. The first kappa shape index (κ1) is 34.9. The van der Waals surface area contributed by atoms with E-state index in [-0.39, 0.29) is 18.1 Å².